The molecule has 0 aromatic heterocycles. The molecule has 4 rings (SSSR count). The van der Waals surface area contributed by atoms with Gasteiger partial charge in [-0.2, -0.15) is 4.31 Å². The molecule has 33 heavy (non-hydrogen) atoms. The molecule has 2 aliphatic heterocycles. The minimum absolute atomic E-state index is 0.0118. The zero-order valence-corrected chi connectivity index (χ0v) is 20.1. The molecule has 2 aliphatic rings. The van der Waals surface area contributed by atoms with Crippen LogP contribution in [0.15, 0.2) is 35.2 Å². The van der Waals surface area contributed by atoms with E-state index in [2.05, 4.69) is 10.6 Å². The second kappa shape index (κ2) is 8.85. The van der Waals surface area contributed by atoms with E-state index in [0.29, 0.717) is 5.69 Å². The Kier molecular flexibility index (Phi) is 6.26. The molecule has 0 saturated carbocycles. The molecule has 1 fully saturated rings. The maximum atomic E-state index is 13.3. The Morgan fingerprint density at radius 3 is 2.58 bits per heavy atom. The van der Waals surface area contributed by atoms with Gasteiger partial charge in [0.2, 0.25) is 10.0 Å². The van der Waals surface area contributed by atoms with Gasteiger partial charge in [-0.25, -0.2) is 13.2 Å². The lowest BCUT2D eigenvalue weighted by atomic mass is 10.1. The molecule has 9 nitrogen and oxygen atoms in total. The number of urea groups is 1. The molecule has 2 aromatic carbocycles. The van der Waals surface area contributed by atoms with Gasteiger partial charge in [0.15, 0.2) is 6.10 Å². The predicted molar refractivity (Wildman–Crippen MR) is 125 cm³/mol. The lowest BCUT2D eigenvalue weighted by Gasteiger charge is -2.34. The average Bonchev–Trinajstić information content (AvgIpc) is 2.77. The van der Waals surface area contributed by atoms with E-state index in [9.17, 15) is 18.0 Å². The Balaban J connectivity index is 1.46. The van der Waals surface area contributed by atoms with Crippen molar-refractivity contribution in [3.63, 3.8) is 0 Å². The summed E-state index contributed by atoms with van der Waals surface area (Å²) in [6.45, 7) is 6.22. The molecule has 11 heteroatoms. The third-order valence-corrected chi connectivity index (χ3v) is 8.32. The summed E-state index contributed by atoms with van der Waals surface area (Å²) in [6, 6.07) is 8.13. The van der Waals surface area contributed by atoms with Gasteiger partial charge < -0.3 is 20.3 Å². The molecule has 0 spiro atoms. The number of amides is 3. The van der Waals surface area contributed by atoms with Gasteiger partial charge in [0, 0.05) is 37.9 Å². The fourth-order valence-corrected chi connectivity index (χ4v) is 5.70. The van der Waals surface area contributed by atoms with Crippen LogP contribution in [0, 0.1) is 13.8 Å². The van der Waals surface area contributed by atoms with Crippen LogP contribution in [0.4, 0.5) is 16.2 Å². The van der Waals surface area contributed by atoms with Crippen LogP contribution in [0.3, 0.4) is 0 Å². The highest BCUT2D eigenvalue weighted by molar-refractivity contribution is 7.89. The molecule has 0 aliphatic carbocycles. The number of carbonyl (C=O) groups excluding carboxylic acids is 2. The van der Waals surface area contributed by atoms with E-state index in [-0.39, 0.29) is 53.8 Å². The van der Waals surface area contributed by atoms with Crippen molar-refractivity contribution in [2.24, 2.45) is 0 Å². The zero-order chi connectivity index (χ0) is 23.9. The Morgan fingerprint density at radius 1 is 1.18 bits per heavy atom. The minimum atomic E-state index is -3.93. The summed E-state index contributed by atoms with van der Waals surface area (Å²) < 4.78 is 33.4. The van der Waals surface area contributed by atoms with Crippen LogP contribution in [0.2, 0.25) is 5.02 Å². The summed E-state index contributed by atoms with van der Waals surface area (Å²) in [5, 5.41) is 5.54. The lowest BCUT2D eigenvalue weighted by Crippen LogP contribution is -2.51. The molecule has 3 amide bonds. The molecular formula is C22H25ClN4O5S. The number of sulfonamides is 1. The number of nitrogens with one attached hydrogen (secondary N) is 2. The van der Waals surface area contributed by atoms with E-state index in [1.165, 1.54) is 16.4 Å². The highest BCUT2D eigenvalue weighted by Gasteiger charge is 2.34. The van der Waals surface area contributed by atoms with Crippen molar-refractivity contribution in [2.45, 2.75) is 31.8 Å². The number of ether oxygens (including phenoxy) is 1. The summed E-state index contributed by atoms with van der Waals surface area (Å²) in [4.78, 5) is 26.0. The second-order valence-corrected chi connectivity index (χ2v) is 10.4. The van der Waals surface area contributed by atoms with Crippen molar-refractivity contribution >= 4 is 44.9 Å². The van der Waals surface area contributed by atoms with E-state index in [1.54, 1.807) is 11.8 Å². The maximum Gasteiger partial charge on any atom is 0.321 e. The topological polar surface area (TPSA) is 108 Å². The van der Waals surface area contributed by atoms with Crippen LogP contribution >= 0.6 is 11.6 Å². The highest BCUT2D eigenvalue weighted by Crippen LogP contribution is 2.38. The highest BCUT2D eigenvalue weighted by atomic mass is 35.5. The number of benzene rings is 2. The number of aryl methyl sites for hydroxylation is 1. The minimum Gasteiger partial charge on any atom is -0.479 e. The monoisotopic (exact) mass is 492 g/mol. The smallest absolute Gasteiger partial charge is 0.321 e. The molecule has 2 N–H and O–H groups in total. The molecule has 0 radical (unpaired) electrons. The van der Waals surface area contributed by atoms with Crippen LogP contribution in [0.25, 0.3) is 0 Å². The van der Waals surface area contributed by atoms with Crippen LogP contribution in [0.1, 0.15) is 18.1 Å². The van der Waals surface area contributed by atoms with Gasteiger partial charge in [-0.15, -0.1) is 0 Å². The van der Waals surface area contributed by atoms with E-state index in [4.69, 9.17) is 16.3 Å². The SMILES string of the molecule is Cc1cccc(NC(=O)N2CCN(S(=O)(=O)c3cc4c(cc3Cl)NC(=O)[C@H](C)O4)CC2)c1C. The predicted octanol–water partition coefficient (Wildman–Crippen LogP) is 3.21. The number of halogens is 1. The largest absolute Gasteiger partial charge is 0.479 e. The molecule has 2 aromatic rings. The van der Waals surface area contributed by atoms with Gasteiger partial charge >= 0.3 is 6.03 Å². The van der Waals surface area contributed by atoms with E-state index < -0.39 is 16.1 Å². The van der Waals surface area contributed by atoms with Crippen LogP contribution < -0.4 is 15.4 Å². The lowest BCUT2D eigenvalue weighted by molar-refractivity contribution is -0.122. The zero-order valence-electron chi connectivity index (χ0n) is 18.5. The standard InChI is InChI=1S/C22H25ClN4O5S/c1-13-5-4-6-17(14(13)2)25-22(29)26-7-9-27(10-8-26)33(30,31)20-12-19-18(11-16(20)23)24-21(28)15(3)32-19/h4-6,11-12,15H,7-10H2,1-3H3,(H,24,28)(H,25,29)/t15-/m0/s1. The normalized spacial score (nSPS) is 18.8. The average molecular weight is 493 g/mol. The van der Waals surface area contributed by atoms with Gasteiger partial charge in [0.25, 0.3) is 5.91 Å². The van der Waals surface area contributed by atoms with Gasteiger partial charge in [-0.05, 0) is 44.0 Å². The summed E-state index contributed by atoms with van der Waals surface area (Å²) in [5.74, 6) is -0.0824. The van der Waals surface area contributed by atoms with Gasteiger partial charge in [-0.3, -0.25) is 4.79 Å². The summed E-state index contributed by atoms with van der Waals surface area (Å²) in [5.41, 5.74) is 3.12. The molecule has 0 unspecified atom stereocenters. The fourth-order valence-electron chi connectivity index (χ4n) is 3.76. The fraction of sp³-hybridized carbons (Fsp3) is 0.364. The number of carbonyl (C=O) groups is 2. The van der Waals surface area contributed by atoms with E-state index in [0.717, 1.165) is 16.8 Å². The Bertz CT molecular complexity index is 1230. The third kappa shape index (κ3) is 4.50. The number of hydrogen-bond acceptors (Lipinski definition) is 5. The number of piperazine rings is 1. The Hall–Kier alpha value is -2.82. The number of rotatable bonds is 3. The Morgan fingerprint density at radius 2 is 1.88 bits per heavy atom. The first kappa shape index (κ1) is 23.3. The van der Waals surface area contributed by atoms with Crippen molar-refractivity contribution < 1.29 is 22.7 Å². The summed E-state index contributed by atoms with van der Waals surface area (Å²) in [6.07, 6.45) is -0.742. The first-order chi connectivity index (χ1) is 15.6. The molecule has 1 atom stereocenters. The van der Waals surface area contributed by atoms with Crippen LogP contribution in [-0.4, -0.2) is 61.8 Å². The van der Waals surface area contributed by atoms with Crippen LogP contribution in [0.5, 0.6) is 5.75 Å². The summed E-state index contributed by atoms with van der Waals surface area (Å²) in [7, 11) is -3.93. The van der Waals surface area contributed by atoms with Gasteiger partial charge in [0.05, 0.1) is 10.7 Å². The van der Waals surface area contributed by atoms with Crippen molar-refractivity contribution in [3.8, 4) is 5.75 Å². The molecule has 176 valence electrons. The van der Waals surface area contributed by atoms with E-state index >= 15 is 0 Å². The molecule has 1 saturated heterocycles. The number of hydrogen-bond donors (Lipinski definition) is 2. The van der Waals surface area contributed by atoms with E-state index in [1.807, 2.05) is 32.0 Å². The number of fused-ring (bicyclic) bond motifs is 1. The van der Waals surface area contributed by atoms with Crippen molar-refractivity contribution in [1.82, 2.24) is 9.21 Å². The second-order valence-electron chi connectivity index (χ2n) is 8.10. The van der Waals surface area contributed by atoms with Crippen molar-refractivity contribution in [3.05, 3.63) is 46.5 Å². The number of anilines is 2. The van der Waals surface area contributed by atoms with Gasteiger partial charge in [0.1, 0.15) is 10.6 Å². The molecular weight excluding hydrogens is 468 g/mol. The van der Waals surface area contributed by atoms with Gasteiger partial charge in [-0.1, -0.05) is 23.7 Å². The quantitative estimate of drug-likeness (QED) is 0.684. The third-order valence-electron chi connectivity index (χ3n) is 5.95. The Labute approximate surface area is 197 Å². The first-order valence-electron chi connectivity index (χ1n) is 10.5. The molecule has 0 bridgehead atoms. The molecule has 2 heterocycles. The summed E-state index contributed by atoms with van der Waals surface area (Å²) >= 11 is 6.26. The van der Waals surface area contributed by atoms with Crippen molar-refractivity contribution in [2.75, 3.05) is 36.8 Å². The first-order valence-corrected chi connectivity index (χ1v) is 12.3. The number of nitrogens with zero attached hydrogens (tertiary/aromatic N) is 2. The van der Waals surface area contributed by atoms with Crippen LogP contribution in [-0.2, 0) is 14.8 Å². The van der Waals surface area contributed by atoms with Crippen molar-refractivity contribution in [1.29, 1.82) is 0 Å². The maximum absolute atomic E-state index is 13.3.